The lowest BCUT2D eigenvalue weighted by atomic mass is 9.91. The molecule has 82 valence electrons. The van der Waals surface area contributed by atoms with Gasteiger partial charge < -0.3 is 5.32 Å². The summed E-state index contributed by atoms with van der Waals surface area (Å²) in [5, 5.41) is 2.87. The summed E-state index contributed by atoms with van der Waals surface area (Å²) in [5.41, 5.74) is 0. The number of carbonyl (C=O) groups excluding carboxylic acids is 1. The number of hydrogen-bond acceptors (Lipinski definition) is 1. The van der Waals surface area contributed by atoms with Crippen LogP contribution in [0, 0.1) is 0 Å². The van der Waals surface area contributed by atoms with Gasteiger partial charge in [-0.1, -0.05) is 27.4 Å². The first-order chi connectivity index (χ1) is 6.53. The number of nitrogens with one attached hydrogen (secondary N) is 1. The third-order valence-corrected chi connectivity index (χ3v) is 3.51. The predicted molar refractivity (Wildman–Crippen MR) is 61.6 cm³/mol. The van der Waals surface area contributed by atoms with Crippen molar-refractivity contribution < 1.29 is 4.79 Å². The molecule has 0 aromatic rings. The predicted octanol–water partition coefficient (Wildman–Crippen LogP) is 2.86. The summed E-state index contributed by atoms with van der Waals surface area (Å²) in [4.78, 5) is 10.8. The van der Waals surface area contributed by atoms with E-state index in [-0.39, 0.29) is 16.8 Å². The first kappa shape index (κ1) is 13.5. The van der Waals surface area contributed by atoms with Gasteiger partial charge in [-0.3, -0.25) is 4.79 Å². The number of halogens is 1. The lowest BCUT2D eigenvalue weighted by molar-refractivity contribution is -0.117. The molecule has 2 nitrogen and oxygen atoms in total. The zero-order chi connectivity index (χ0) is 11.2. The van der Waals surface area contributed by atoms with Gasteiger partial charge in [0.2, 0.25) is 5.91 Å². The second-order valence-electron chi connectivity index (χ2n) is 3.42. The van der Waals surface area contributed by atoms with Crippen LogP contribution in [-0.4, -0.2) is 16.8 Å². The Morgan fingerprint density at radius 3 is 2.29 bits per heavy atom. The molecule has 1 atom stereocenters. The smallest absolute Gasteiger partial charge is 0.243 e. The van der Waals surface area contributed by atoms with Crippen LogP contribution < -0.4 is 5.32 Å². The van der Waals surface area contributed by atoms with E-state index in [1.807, 2.05) is 20.8 Å². The Labute approximate surface area is 91.7 Å². The Morgan fingerprint density at radius 1 is 1.50 bits per heavy atom. The molecule has 0 aliphatic heterocycles. The summed E-state index contributed by atoms with van der Waals surface area (Å²) in [5.74, 6) is -0.149. The van der Waals surface area contributed by atoms with Crippen molar-refractivity contribution in [3.8, 4) is 0 Å². The molecule has 0 fully saturated rings. The molecule has 0 aromatic carbocycles. The van der Waals surface area contributed by atoms with E-state index >= 15 is 0 Å². The van der Waals surface area contributed by atoms with Crippen LogP contribution >= 0.6 is 11.6 Å². The molecule has 0 aromatic heterocycles. The second kappa shape index (κ2) is 6.07. The highest BCUT2D eigenvalue weighted by molar-refractivity contribution is 6.24. The molecule has 0 spiro atoms. The van der Waals surface area contributed by atoms with E-state index < -0.39 is 0 Å². The number of hydrogen-bond donors (Lipinski definition) is 1. The summed E-state index contributed by atoms with van der Waals surface area (Å²) < 4.78 is 0. The fraction of sp³-hybridized carbons (Fsp3) is 0.727. The molecule has 1 unspecified atom stereocenters. The van der Waals surface area contributed by atoms with E-state index in [2.05, 4.69) is 11.9 Å². The summed E-state index contributed by atoms with van der Waals surface area (Å²) in [6.07, 6.45) is 3.82. The Balaban J connectivity index is 4.52. The summed E-state index contributed by atoms with van der Waals surface area (Å²) >= 11 is 6.43. The third kappa shape index (κ3) is 3.33. The standard InChI is InChI=1S/C11H20ClNO/c1-5-9(13-10(14)6-2)11(12,7-3)8-4/h6,9H,2,5,7-8H2,1,3-4H3,(H,13,14). The quantitative estimate of drug-likeness (QED) is 0.538. The van der Waals surface area contributed by atoms with Crippen molar-refractivity contribution in [1.29, 1.82) is 0 Å². The van der Waals surface area contributed by atoms with Crippen LogP contribution in [0.5, 0.6) is 0 Å². The highest BCUT2D eigenvalue weighted by Crippen LogP contribution is 2.29. The van der Waals surface area contributed by atoms with Gasteiger partial charge in [0.05, 0.1) is 4.87 Å². The van der Waals surface area contributed by atoms with E-state index in [1.165, 1.54) is 6.08 Å². The van der Waals surface area contributed by atoms with E-state index in [0.717, 1.165) is 19.3 Å². The van der Waals surface area contributed by atoms with Crippen molar-refractivity contribution in [3.63, 3.8) is 0 Å². The Bertz CT molecular complexity index is 199. The van der Waals surface area contributed by atoms with Crippen molar-refractivity contribution >= 4 is 17.5 Å². The van der Waals surface area contributed by atoms with Gasteiger partial charge >= 0.3 is 0 Å². The topological polar surface area (TPSA) is 29.1 Å². The lowest BCUT2D eigenvalue weighted by Crippen LogP contribution is -2.48. The molecule has 0 heterocycles. The molecule has 0 rings (SSSR count). The van der Waals surface area contributed by atoms with Gasteiger partial charge in [-0.25, -0.2) is 0 Å². The van der Waals surface area contributed by atoms with Gasteiger partial charge in [-0.2, -0.15) is 0 Å². The molecular weight excluding hydrogens is 198 g/mol. The van der Waals surface area contributed by atoms with Gasteiger partial charge in [0.1, 0.15) is 0 Å². The SMILES string of the molecule is C=CC(=O)NC(CC)C(Cl)(CC)CC. The maximum absolute atomic E-state index is 11.2. The van der Waals surface area contributed by atoms with Crippen LogP contribution in [0.25, 0.3) is 0 Å². The maximum atomic E-state index is 11.2. The average Bonchev–Trinajstić information content (AvgIpc) is 2.24. The first-order valence-electron chi connectivity index (χ1n) is 5.15. The van der Waals surface area contributed by atoms with E-state index in [0.29, 0.717) is 0 Å². The molecule has 0 saturated heterocycles. The zero-order valence-corrected chi connectivity index (χ0v) is 10.0. The Kier molecular flexibility index (Phi) is 5.86. The number of amides is 1. The first-order valence-corrected chi connectivity index (χ1v) is 5.53. The molecule has 0 aliphatic rings. The fourth-order valence-corrected chi connectivity index (χ4v) is 1.78. The van der Waals surface area contributed by atoms with Crippen molar-refractivity contribution in [2.24, 2.45) is 0 Å². The molecule has 3 heteroatoms. The minimum Gasteiger partial charge on any atom is -0.348 e. The molecular formula is C11H20ClNO. The van der Waals surface area contributed by atoms with Gasteiger partial charge in [0.25, 0.3) is 0 Å². The molecule has 1 N–H and O–H groups in total. The van der Waals surface area contributed by atoms with Crippen LogP contribution in [0.2, 0.25) is 0 Å². The van der Waals surface area contributed by atoms with Crippen molar-refractivity contribution in [3.05, 3.63) is 12.7 Å². The van der Waals surface area contributed by atoms with Crippen LogP contribution in [0.15, 0.2) is 12.7 Å². The second-order valence-corrected chi connectivity index (χ2v) is 4.17. The van der Waals surface area contributed by atoms with E-state index in [1.54, 1.807) is 0 Å². The van der Waals surface area contributed by atoms with Crippen LogP contribution in [0.1, 0.15) is 40.0 Å². The summed E-state index contributed by atoms with van der Waals surface area (Å²) in [6, 6.07) is 0.0182. The normalized spacial score (nSPS) is 13.4. The Morgan fingerprint density at radius 2 is 2.00 bits per heavy atom. The molecule has 14 heavy (non-hydrogen) atoms. The van der Waals surface area contributed by atoms with Crippen LogP contribution in [-0.2, 0) is 4.79 Å². The van der Waals surface area contributed by atoms with Gasteiger partial charge in [-0.15, -0.1) is 11.6 Å². The molecule has 0 radical (unpaired) electrons. The zero-order valence-electron chi connectivity index (χ0n) is 9.27. The molecule has 1 amide bonds. The maximum Gasteiger partial charge on any atom is 0.243 e. The molecule has 0 saturated carbocycles. The highest BCUT2D eigenvalue weighted by atomic mass is 35.5. The van der Waals surface area contributed by atoms with E-state index in [9.17, 15) is 4.79 Å². The summed E-state index contributed by atoms with van der Waals surface area (Å²) in [6.45, 7) is 9.53. The van der Waals surface area contributed by atoms with E-state index in [4.69, 9.17) is 11.6 Å². The molecule has 0 aliphatic carbocycles. The average molecular weight is 218 g/mol. The van der Waals surface area contributed by atoms with Crippen molar-refractivity contribution in [1.82, 2.24) is 5.32 Å². The largest absolute Gasteiger partial charge is 0.348 e. The monoisotopic (exact) mass is 217 g/mol. The lowest BCUT2D eigenvalue weighted by Gasteiger charge is -2.33. The number of alkyl halides is 1. The van der Waals surface area contributed by atoms with Crippen molar-refractivity contribution in [2.45, 2.75) is 50.9 Å². The fourth-order valence-electron chi connectivity index (χ4n) is 1.57. The van der Waals surface area contributed by atoms with Crippen molar-refractivity contribution in [2.75, 3.05) is 0 Å². The van der Waals surface area contributed by atoms with Crippen LogP contribution in [0.4, 0.5) is 0 Å². The minimum atomic E-state index is -0.326. The minimum absolute atomic E-state index is 0.0182. The Hall–Kier alpha value is -0.500. The molecule has 0 bridgehead atoms. The highest BCUT2D eigenvalue weighted by Gasteiger charge is 2.32. The third-order valence-electron chi connectivity index (χ3n) is 2.71. The number of rotatable bonds is 6. The summed E-state index contributed by atoms with van der Waals surface area (Å²) in [7, 11) is 0. The van der Waals surface area contributed by atoms with Gasteiger partial charge in [-0.05, 0) is 25.3 Å². The number of carbonyl (C=O) groups is 1. The van der Waals surface area contributed by atoms with Gasteiger partial charge in [0, 0.05) is 6.04 Å². The van der Waals surface area contributed by atoms with Crippen LogP contribution in [0.3, 0.4) is 0 Å². The van der Waals surface area contributed by atoms with Gasteiger partial charge in [0.15, 0.2) is 0 Å².